The first-order valence-corrected chi connectivity index (χ1v) is 6.15. The second-order valence-corrected chi connectivity index (χ2v) is 4.73. The smallest absolute Gasteiger partial charge is 0.294 e. The Hall–Kier alpha value is -1.81. The fourth-order valence-electron chi connectivity index (χ4n) is 2.01. The Morgan fingerprint density at radius 2 is 1.70 bits per heavy atom. The Balaban J connectivity index is 2.75. The average Bonchev–Trinajstić information content (AvgIpc) is 2.37. The van der Waals surface area contributed by atoms with E-state index in [4.69, 9.17) is 11.6 Å². The third-order valence-corrected chi connectivity index (χ3v) is 3.12. The zero-order valence-electron chi connectivity index (χ0n) is 10.5. The van der Waals surface area contributed by atoms with Crippen molar-refractivity contribution in [1.29, 1.82) is 0 Å². The molecule has 0 fully saturated rings. The Morgan fingerprint density at radius 1 is 1.05 bits per heavy atom. The van der Waals surface area contributed by atoms with Gasteiger partial charge in [-0.1, -0.05) is 29.8 Å². The molecule has 0 aliphatic rings. The maximum atomic E-state index is 13.0. The van der Waals surface area contributed by atoms with Crippen molar-refractivity contribution in [2.45, 2.75) is 13.1 Å². The number of Topliss-reactive ketones (excluding diaryl/α,β-unsaturated/α-hetero) is 1. The molecule has 0 radical (unpaired) electrons. The molecule has 0 amide bonds. The molecule has 0 aliphatic carbocycles. The van der Waals surface area contributed by atoms with Crippen molar-refractivity contribution in [2.24, 2.45) is 0 Å². The highest BCUT2D eigenvalue weighted by Crippen LogP contribution is 2.38. The van der Waals surface area contributed by atoms with Crippen LogP contribution in [0.15, 0.2) is 42.5 Å². The van der Waals surface area contributed by atoms with Crippen molar-refractivity contribution >= 4 is 17.4 Å². The van der Waals surface area contributed by atoms with Gasteiger partial charge in [-0.05, 0) is 42.3 Å². The Morgan fingerprint density at radius 3 is 2.30 bits per heavy atom. The van der Waals surface area contributed by atoms with Crippen LogP contribution in [-0.4, -0.2) is 5.78 Å². The lowest BCUT2D eigenvalue weighted by molar-refractivity contribution is -0.137. The van der Waals surface area contributed by atoms with Crippen LogP contribution in [0.1, 0.15) is 22.8 Å². The number of halogens is 4. The molecule has 2 aromatic rings. The van der Waals surface area contributed by atoms with Gasteiger partial charge in [-0.15, -0.1) is 0 Å². The SMILES string of the molecule is CC(=O)c1ccc(Cl)cc1-c1ccccc1C(F)(F)F. The first kappa shape index (κ1) is 14.6. The molecule has 0 saturated carbocycles. The summed E-state index contributed by atoms with van der Waals surface area (Å²) in [5.74, 6) is -0.311. The predicted octanol–water partition coefficient (Wildman–Crippen LogP) is 5.23. The molecule has 0 aromatic heterocycles. The molecule has 20 heavy (non-hydrogen) atoms. The second-order valence-electron chi connectivity index (χ2n) is 4.29. The molecule has 0 bridgehead atoms. The van der Waals surface area contributed by atoms with Crippen molar-refractivity contribution < 1.29 is 18.0 Å². The van der Waals surface area contributed by atoms with Crippen LogP contribution < -0.4 is 0 Å². The van der Waals surface area contributed by atoms with E-state index >= 15 is 0 Å². The molecule has 104 valence electrons. The maximum Gasteiger partial charge on any atom is 0.417 e. The Labute approximate surface area is 119 Å². The van der Waals surface area contributed by atoms with E-state index < -0.39 is 11.7 Å². The summed E-state index contributed by atoms with van der Waals surface area (Å²) in [5, 5.41) is 0.280. The van der Waals surface area contributed by atoms with Crippen LogP contribution in [0.25, 0.3) is 11.1 Å². The molecule has 0 N–H and O–H groups in total. The molecule has 2 rings (SSSR count). The summed E-state index contributed by atoms with van der Waals surface area (Å²) in [4.78, 5) is 11.6. The van der Waals surface area contributed by atoms with Crippen LogP contribution in [0.4, 0.5) is 13.2 Å². The molecular formula is C15H10ClF3O. The van der Waals surface area contributed by atoms with Crippen LogP contribution in [0, 0.1) is 0 Å². The minimum absolute atomic E-state index is 0.0484. The van der Waals surface area contributed by atoms with Gasteiger partial charge < -0.3 is 0 Å². The number of hydrogen-bond acceptors (Lipinski definition) is 1. The van der Waals surface area contributed by atoms with Crippen LogP contribution in [0.3, 0.4) is 0 Å². The molecule has 2 aromatic carbocycles. The van der Waals surface area contributed by atoms with Gasteiger partial charge in [0.15, 0.2) is 5.78 Å². The average molecular weight is 299 g/mol. The van der Waals surface area contributed by atoms with Crippen LogP contribution in [-0.2, 0) is 6.18 Å². The van der Waals surface area contributed by atoms with Gasteiger partial charge in [0.1, 0.15) is 0 Å². The fourth-order valence-corrected chi connectivity index (χ4v) is 2.18. The van der Waals surface area contributed by atoms with E-state index in [2.05, 4.69) is 0 Å². The number of hydrogen-bond donors (Lipinski definition) is 0. The largest absolute Gasteiger partial charge is 0.417 e. The topological polar surface area (TPSA) is 17.1 Å². The zero-order chi connectivity index (χ0) is 14.9. The van der Waals surface area contributed by atoms with E-state index in [-0.39, 0.29) is 27.5 Å². The van der Waals surface area contributed by atoms with Crippen LogP contribution in [0.5, 0.6) is 0 Å². The van der Waals surface area contributed by atoms with E-state index in [0.717, 1.165) is 6.07 Å². The number of carbonyl (C=O) groups excluding carboxylic acids is 1. The van der Waals surface area contributed by atoms with Gasteiger partial charge in [-0.25, -0.2) is 0 Å². The summed E-state index contributed by atoms with van der Waals surface area (Å²) >= 11 is 5.85. The van der Waals surface area contributed by atoms with Crippen LogP contribution >= 0.6 is 11.6 Å². The van der Waals surface area contributed by atoms with E-state index in [9.17, 15) is 18.0 Å². The third kappa shape index (κ3) is 2.85. The summed E-state index contributed by atoms with van der Waals surface area (Å²) in [5.41, 5.74) is -0.429. The van der Waals surface area contributed by atoms with Gasteiger partial charge >= 0.3 is 6.18 Å². The first-order chi connectivity index (χ1) is 9.30. The zero-order valence-corrected chi connectivity index (χ0v) is 11.2. The van der Waals surface area contributed by atoms with E-state index in [0.29, 0.717) is 0 Å². The highest BCUT2D eigenvalue weighted by molar-refractivity contribution is 6.31. The highest BCUT2D eigenvalue weighted by atomic mass is 35.5. The molecule has 0 spiro atoms. The Bertz CT molecular complexity index is 662. The van der Waals surface area contributed by atoms with Gasteiger partial charge in [0, 0.05) is 10.6 Å². The minimum Gasteiger partial charge on any atom is -0.294 e. The van der Waals surface area contributed by atoms with Gasteiger partial charge in [0.05, 0.1) is 5.56 Å². The van der Waals surface area contributed by atoms with Crippen LogP contribution in [0.2, 0.25) is 5.02 Å². The molecule has 0 heterocycles. The summed E-state index contributed by atoms with van der Waals surface area (Å²) in [6.07, 6.45) is -4.49. The lowest BCUT2D eigenvalue weighted by Gasteiger charge is -2.15. The fraction of sp³-hybridized carbons (Fsp3) is 0.133. The quantitative estimate of drug-likeness (QED) is 0.694. The van der Waals surface area contributed by atoms with Crippen molar-refractivity contribution in [3.05, 3.63) is 58.6 Å². The molecule has 0 aliphatic heterocycles. The van der Waals surface area contributed by atoms with E-state index in [1.807, 2.05) is 0 Å². The third-order valence-electron chi connectivity index (χ3n) is 2.88. The van der Waals surface area contributed by atoms with Gasteiger partial charge in [0.25, 0.3) is 0 Å². The molecule has 1 nitrogen and oxygen atoms in total. The maximum absolute atomic E-state index is 13.0. The van der Waals surface area contributed by atoms with Gasteiger partial charge in [0.2, 0.25) is 0 Å². The Kier molecular flexibility index (Phi) is 3.86. The van der Waals surface area contributed by atoms with Gasteiger partial charge in [-0.2, -0.15) is 13.2 Å². The molecule has 0 atom stereocenters. The van der Waals surface area contributed by atoms with Gasteiger partial charge in [-0.3, -0.25) is 4.79 Å². The van der Waals surface area contributed by atoms with Crippen molar-refractivity contribution in [1.82, 2.24) is 0 Å². The van der Waals surface area contributed by atoms with E-state index in [1.54, 1.807) is 0 Å². The number of carbonyl (C=O) groups is 1. The molecule has 5 heteroatoms. The number of rotatable bonds is 2. The molecule has 0 unspecified atom stereocenters. The van der Waals surface area contributed by atoms with E-state index in [1.165, 1.54) is 43.3 Å². The summed E-state index contributed by atoms with van der Waals surface area (Å²) in [6, 6.07) is 9.43. The molecule has 0 saturated heterocycles. The predicted molar refractivity (Wildman–Crippen MR) is 71.9 cm³/mol. The highest BCUT2D eigenvalue weighted by Gasteiger charge is 2.33. The number of benzene rings is 2. The number of alkyl halides is 3. The lowest BCUT2D eigenvalue weighted by atomic mass is 9.93. The van der Waals surface area contributed by atoms with Crippen molar-refractivity contribution in [3.8, 4) is 11.1 Å². The standard InChI is InChI=1S/C15H10ClF3O/c1-9(20)11-7-6-10(16)8-13(11)12-4-2-3-5-14(12)15(17,18)19/h2-8H,1H3. The normalized spacial score (nSPS) is 11.4. The minimum atomic E-state index is -4.49. The summed E-state index contributed by atoms with van der Waals surface area (Å²) < 4.78 is 39.1. The number of ketones is 1. The van der Waals surface area contributed by atoms with Crippen molar-refractivity contribution in [2.75, 3.05) is 0 Å². The second kappa shape index (κ2) is 5.29. The van der Waals surface area contributed by atoms with Crippen molar-refractivity contribution in [3.63, 3.8) is 0 Å². The monoisotopic (exact) mass is 298 g/mol. The lowest BCUT2D eigenvalue weighted by Crippen LogP contribution is -2.08. The molecular weight excluding hydrogens is 289 g/mol. The summed E-state index contributed by atoms with van der Waals surface area (Å²) in [7, 11) is 0. The first-order valence-electron chi connectivity index (χ1n) is 5.78. The summed E-state index contributed by atoms with van der Waals surface area (Å²) in [6.45, 7) is 1.31.